The summed E-state index contributed by atoms with van der Waals surface area (Å²) < 4.78 is 23.1. The van der Waals surface area contributed by atoms with Crippen molar-refractivity contribution in [1.82, 2.24) is 0 Å². The molecule has 1 aliphatic rings. The minimum absolute atomic E-state index is 0.563. The molecule has 1 unspecified atom stereocenters. The summed E-state index contributed by atoms with van der Waals surface area (Å²) in [5.74, 6) is 2.66. The quantitative estimate of drug-likeness (QED) is 0.666. The Morgan fingerprint density at radius 2 is 1.58 bits per heavy atom. The Morgan fingerprint density at radius 3 is 2.38 bits per heavy atom. The van der Waals surface area contributed by atoms with Crippen molar-refractivity contribution >= 4 is 10.3 Å². The summed E-state index contributed by atoms with van der Waals surface area (Å²) in [5, 5.41) is 0. The first-order valence-corrected chi connectivity index (χ1v) is 9.49. The summed E-state index contributed by atoms with van der Waals surface area (Å²) in [6, 6.07) is 23.4. The molecule has 3 aromatic carbocycles. The Morgan fingerprint density at radius 1 is 0.875 bits per heavy atom. The van der Waals surface area contributed by atoms with Gasteiger partial charge in [0, 0.05) is 11.8 Å². The highest BCUT2D eigenvalue weighted by atomic mass is 32.3. The zero-order valence-corrected chi connectivity index (χ0v) is 14.1. The van der Waals surface area contributed by atoms with Crippen molar-refractivity contribution in [2.75, 3.05) is 7.11 Å². The van der Waals surface area contributed by atoms with Crippen LogP contribution in [0.3, 0.4) is 0 Å². The van der Waals surface area contributed by atoms with Crippen LogP contribution in [-0.4, -0.2) is 11.7 Å². The molecule has 24 heavy (non-hydrogen) atoms. The van der Waals surface area contributed by atoms with Crippen LogP contribution in [0.2, 0.25) is 0 Å². The Bertz CT molecular complexity index is 879. The van der Waals surface area contributed by atoms with Crippen molar-refractivity contribution in [3.05, 3.63) is 78.4 Å². The average Bonchev–Trinajstić information content (AvgIpc) is 2.62. The Hall–Kier alpha value is -2.43. The third-order valence-corrected chi connectivity index (χ3v) is 7.05. The smallest absolute Gasteiger partial charge is 0.145 e. The van der Waals surface area contributed by atoms with Gasteiger partial charge < -0.3 is 14.0 Å². The third-order valence-electron chi connectivity index (χ3n) is 4.17. The van der Waals surface area contributed by atoms with E-state index >= 15 is 0 Å². The summed E-state index contributed by atoms with van der Waals surface area (Å²) in [4.78, 5) is 1.71. The Balaban J connectivity index is 1.89. The highest BCUT2D eigenvalue weighted by Gasteiger charge is 2.36. The molecule has 0 fully saturated rings. The lowest BCUT2D eigenvalue weighted by molar-refractivity contribution is 0.402. The van der Waals surface area contributed by atoms with Gasteiger partial charge >= 0.3 is 0 Å². The first-order valence-electron chi connectivity index (χ1n) is 7.73. The van der Waals surface area contributed by atoms with E-state index in [1.807, 2.05) is 72.8 Å². The molecule has 0 aliphatic carbocycles. The molecule has 0 bridgehead atoms. The second-order valence-corrected chi connectivity index (χ2v) is 8.27. The molecular formula is C20H18O3S. The number of hydrogen-bond donors (Lipinski definition) is 1. The van der Waals surface area contributed by atoms with Crippen molar-refractivity contribution < 1.29 is 14.0 Å². The highest BCUT2D eigenvalue weighted by Crippen LogP contribution is 2.69. The summed E-state index contributed by atoms with van der Waals surface area (Å²) in [7, 11) is -0.591. The maximum Gasteiger partial charge on any atom is 0.145 e. The fourth-order valence-corrected chi connectivity index (χ4v) is 5.69. The first-order chi connectivity index (χ1) is 11.7. The number of methoxy groups -OCH3 is 1. The van der Waals surface area contributed by atoms with Crippen molar-refractivity contribution in [1.29, 1.82) is 0 Å². The van der Waals surface area contributed by atoms with E-state index in [1.54, 1.807) is 7.11 Å². The maximum atomic E-state index is 11.8. The molecule has 3 aromatic rings. The zero-order chi connectivity index (χ0) is 16.6. The third kappa shape index (κ3) is 2.44. The van der Waals surface area contributed by atoms with Crippen LogP contribution in [-0.2, 0) is 5.75 Å². The van der Waals surface area contributed by atoms with Crippen LogP contribution in [0.25, 0.3) is 0 Å². The maximum absolute atomic E-state index is 11.8. The molecule has 1 aliphatic heterocycles. The SMILES string of the molecule is COc1ccc2c(c1)Oc1ccccc1S2(O)Cc1ccccc1. The zero-order valence-electron chi connectivity index (χ0n) is 13.3. The molecule has 3 nitrogen and oxygen atoms in total. The largest absolute Gasteiger partial charge is 0.497 e. The van der Waals surface area contributed by atoms with E-state index in [1.165, 1.54) is 0 Å². The molecule has 0 saturated carbocycles. The second-order valence-electron chi connectivity index (χ2n) is 5.69. The number of ether oxygens (including phenoxy) is 2. The normalized spacial score (nSPS) is 20.9. The summed E-state index contributed by atoms with van der Waals surface area (Å²) >= 11 is 0. The number of hydrogen-bond acceptors (Lipinski definition) is 3. The minimum atomic E-state index is -2.22. The molecule has 122 valence electrons. The van der Waals surface area contributed by atoms with Gasteiger partial charge in [0.1, 0.15) is 17.2 Å². The predicted molar refractivity (Wildman–Crippen MR) is 96.4 cm³/mol. The summed E-state index contributed by atoms with van der Waals surface area (Å²) in [6.07, 6.45) is 0. The van der Waals surface area contributed by atoms with Crippen LogP contribution in [0, 0.1) is 0 Å². The Kier molecular flexibility index (Phi) is 3.71. The molecule has 1 heterocycles. The van der Waals surface area contributed by atoms with Gasteiger partial charge in [-0.2, -0.15) is 0 Å². The minimum Gasteiger partial charge on any atom is -0.497 e. The summed E-state index contributed by atoms with van der Waals surface area (Å²) in [6.45, 7) is 0. The van der Waals surface area contributed by atoms with E-state index in [-0.39, 0.29) is 0 Å². The molecule has 4 rings (SSSR count). The van der Waals surface area contributed by atoms with Crippen molar-refractivity contribution in [3.8, 4) is 17.2 Å². The lowest BCUT2D eigenvalue weighted by Gasteiger charge is -2.40. The number of benzene rings is 3. The van der Waals surface area contributed by atoms with Crippen LogP contribution in [0.15, 0.2) is 82.6 Å². The average molecular weight is 338 g/mol. The van der Waals surface area contributed by atoms with Gasteiger partial charge in [-0.15, -0.1) is 0 Å². The van der Waals surface area contributed by atoms with E-state index < -0.39 is 10.3 Å². The van der Waals surface area contributed by atoms with E-state index in [9.17, 15) is 4.55 Å². The second kappa shape index (κ2) is 5.89. The molecule has 4 heteroatoms. The fraction of sp³-hybridized carbons (Fsp3) is 0.100. The van der Waals surface area contributed by atoms with E-state index in [0.29, 0.717) is 17.3 Å². The van der Waals surface area contributed by atoms with Crippen LogP contribution < -0.4 is 9.47 Å². The van der Waals surface area contributed by atoms with Crippen molar-refractivity contribution in [2.45, 2.75) is 15.5 Å². The molecular weight excluding hydrogens is 320 g/mol. The summed E-state index contributed by atoms with van der Waals surface area (Å²) in [5.41, 5.74) is 1.11. The van der Waals surface area contributed by atoms with Crippen molar-refractivity contribution in [2.24, 2.45) is 0 Å². The van der Waals surface area contributed by atoms with Gasteiger partial charge in [-0.3, -0.25) is 0 Å². The number of fused-ring (bicyclic) bond motifs is 2. The van der Waals surface area contributed by atoms with Gasteiger partial charge in [0.05, 0.1) is 16.9 Å². The molecule has 1 atom stereocenters. The highest BCUT2D eigenvalue weighted by molar-refractivity contribution is 8.28. The standard InChI is InChI=1S/C20H18O3S/c1-22-16-11-12-20-18(13-16)23-17-9-5-6-10-19(17)24(20,21)14-15-7-3-2-4-8-15/h2-13,21H,14H2,1H3. The molecule has 1 N–H and O–H groups in total. The van der Waals surface area contributed by atoms with Crippen LogP contribution in [0.1, 0.15) is 5.56 Å². The van der Waals surface area contributed by atoms with Crippen LogP contribution in [0.5, 0.6) is 17.2 Å². The van der Waals surface area contributed by atoms with Gasteiger partial charge in [0.15, 0.2) is 0 Å². The molecule has 0 saturated heterocycles. The number of rotatable bonds is 3. The van der Waals surface area contributed by atoms with Gasteiger partial charge in [-0.1, -0.05) is 52.8 Å². The van der Waals surface area contributed by atoms with Gasteiger partial charge in [-0.05, 0) is 29.8 Å². The van der Waals surface area contributed by atoms with Crippen LogP contribution in [0.4, 0.5) is 0 Å². The first kappa shape index (κ1) is 15.1. The topological polar surface area (TPSA) is 38.7 Å². The molecule has 0 radical (unpaired) electrons. The lowest BCUT2D eigenvalue weighted by atomic mass is 10.2. The molecule has 0 amide bonds. The van der Waals surface area contributed by atoms with Gasteiger partial charge in [0.2, 0.25) is 0 Å². The van der Waals surface area contributed by atoms with Crippen molar-refractivity contribution in [3.63, 3.8) is 0 Å². The molecule has 0 aromatic heterocycles. The van der Waals surface area contributed by atoms with Crippen LogP contribution >= 0.6 is 10.3 Å². The van der Waals surface area contributed by atoms with Gasteiger partial charge in [-0.25, -0.2) is 0 Å². The monoisotopic (exact) mass is 338 g/mol. The molecule has 0 spiro atoms. The van der Waals surface area contributed by atoms with E-state index in [4.69, 9.17) is 9.47 Å². The van der Waals surface area contributed by atoms with Gasteiger partial charge in [0.25, 0.3) is 0 Å². The fourth-order valence-electron chi connectivity index (χ4n) is 3.00. The predicted octanol–water partition coefficient (Wildman–Crippen LogP) is 5.70. The Labute approximate surface area is 143 Å². The lowest BCUT2D eigenvalue weighted by Crippen LogP contribution is -2.11. The number of para-hydroxylation sites is 1. The van der Waals surface area contributed by atoms with E-state index in [2.05, 4.69) is 0 Å². The van der Waals surface area contributed by atoms with E-state index in [0.717, 1.165) is 21.1 Å².